The van der Waals surface area contributed by atoms with Crippen molar-refractivity contribution in [1.29, 1.82) is 0 Å². The molecule has 0 amide bonds. The average Bonchev–Trinajstić information content (AvgIpc) is 3.10. The molecule has 0 aliphatic carbocycles. The van der Waals surface area contributed by atoms with E-state index in [-0.39, 0.29) is 24.0 Å². The van der Waals surface area contributed by atoms with E-state index in [0.29, 0.717) is 6.54 Å². The Morgan fingerprint density at radius 2 is 2.04 bits per heavy atom. The van der Waals surface area contributed by atoms with E-state index in [1.807, 2.05) is 16.9 Å². The maximum Gasteiger partial charge on any atom is 0.191 e. The van der Waals surface area contributed by atoms with Crippen LogP contribution in [0, 0.1) is 0 Å². The highest BCUT2D eigenvalue weighted by Crippen LogP contribution is 2.15. The Balaban J connectivity index is 0.00000288. The van der Waals surface area contributed by atoms with Crippen LogP contribution in [0.3, 0.4) is 0 Å². The van der Waals surface area contributed by atoms with Gasteiger partial charge in [0, 0.05) is 36.9 Å². The number of hydrogen-bond acceptors (Lipinski definition) is 3. The first-order chi connectivity index (χ1) is 11.3. The average molecular weight is 459 g/mol. The van der Waals surface area contributed by atoms with Crippen LogP contribution in [0.5, 0.6) is 0 Å². The standard InChI is InChI=1S/C17H25N5S.HI/c1-3-18-17(19-10-4-12-22-13-5-11-21-22)20-14-15-6-8-16(23-2)9-7-15;/h5-9,11,13H,3-4,10,12,14H2,1-2H3,(H2,18,19,20);1H. The zero-order chi connectivity index (χ0) is 16.3. The van der Waals surface area contributed by atoms with Gasteiger partial charge in [-0.2, -0.15) is 5.10 Å². The number of halogens is 1. The lowest BCUT2D eigenvalue weighted by molar-refractivity contribution is 0.570. The molecule has 0 fully saturated rings. The van der Waals surface area contributed by atoms with Gasteiger partial charge in [-0.05, 0) is 43.4 Å². The van der Waals surface area contributed by atoms with Gasteiger partial charge in [-0.15, -0.1) is 35.7 Å². The van der Waals surface area contributed by atoms with Gasteiger partial charge in [0.05, 0.1) is 6.54 Å². The molecule has 0 spiro atoms. The molecule has 0 aliphatic heterocycles. The van der Waals surface area contributed by atoms with Crippen molar-refractivity contribution >= 4 is 41.7 Å². The molecular weight excluding hydrogens is 433 g/mol. The van der Waals surface area contributed by atoms with E-state index in [2.05, 4.69) is 58.2 Å². The third-order valence-corrected chi connectivity index (χ3v) is 4.08. The topological polar surface area (TPSA) is 54.2 Å². The lowest BCUT2D eigenvalue weighted by Crippen LogP contribution is -2.38. The number of nitrogens with one attached hydrogen (secondary N) is 2. The third-order valence-electron chi connectivity index (χ3n) is 3.34. The van der Waals surface area contributed by atoms with Gasteiger partial charge >= 0.3 is 0 Å². The Bertz CT molecular complexity index is 584. The van der Waals surface area contributed by atoms with Crippen LogP contribution < -0.4 is 10.6 Å². The van der Waals surface area contributed by atoms with Crippen molar-refractivity contribution in [2.45, 2.75) is 31.3 Å². The largest absolute Gasteiger partial charge is 0.357 e. The van der Waals surface area contributed by atoms with E-state index in [1.165, 1.54) is 10.5 Å². The van der Waals surface area contributed by atoms with Gasteiger partial charge in [-0.3, -0.25) is 4.68 Å². The lowest BCUT2D eigenvalue weighted by atomic mass is 10.2. The first-order valence-corrected chi connectivity index (χ1v) is 9.17. The monoisotopic (exact) mass is 459 g/mol. The maximum atomic E-state index is 4.64. The van der Waals surface area contributed by atoms with Crippen molar-refractivity contribution in [3.63, 3.8) is 0 Å². The molecular formula is C17H26IN5S. The summed E-state index contributed by atoms with van der Waals surface area (Å²) in [5.74, 6) is 0.863. The summed E-state index contributed by atoms with van der Waals surface area (Å²) in [6, 6.07) is 10.5. The minimum absolute atomic E-state index is 0. The molecule has 2 rings (SSSR count). The number of aromatic nitrogens is 2. The van der Waals surface area contributed by atoms with Crippen LogP contribution in [-0.2, 0) is 13.1 Å². The summed E-state index contributed by atoms with van der Waals surface area (Å²) in [6.45, 7) is 5.40. The van der Waals surface area contributed by atoms with Crippen molar-refractivity contribution in [3.05, 3.63) is 48.3 Å². The normalized spacial score (nSPS) is 11.0. The van der Waals surface area contributed by atoms with Crippen LogP contribution in [0.25, 0.3) is 0 Å². The number of hydrogen-bond donors (Lipinski definition) is 2. The number of nitrogens with zero attached hydrogens (tertiary/aromatic N) is 3. The van der Waals surface area contributed by atoms with Crippen LogP contribution in [0.4, 0.5) is 0 Å². The lowest BCUT2D eigenvalue weighted by Gasteiger charge is -2.11. The number of benzene rings is 1. The molecule has 1 aromatic heterocycles. The Labute approximate surface area is 165 Å². The summed E-state index contributed by atoms with van der Waals surface area (Å²) < 4.78 is 1.94. The zero-order valence-electron chi connectivity index (χ0n) is 14.2. The molecule has 0 aliphatic rings. The van der Waals surface area contributed by atoms with E-state index in [4.69, 9.17) is 0 Å². The molecule has 0 unspecified atom stereocenters. The van der Waals surface area contributed by atoms with Crippen molar-refractivity contribution in [2.75, 3.05) is 19.3 Å². The van der Waals surface area contributed by atoms with Crippen molar-refractivity contribution < 1.29 is 0 Å². The smallest absolute Gasteiger partial charge is 0.191 e. The van der Waals surface area contributed by atoms with Crippen molar-refractivity contribution in [1.82, 2.24) is 20.4 Å². The summed E-state index contributed by atoms with van der Waals surface area (Å²) in [5, 5.41) is 10.9. The molecule has 7 heteroatoms. The summed E-state index contributed by atoms with van der Waals surface area (Å²) in [6.07, 6.45) is 6.89. The van der Waals surface area contributed by atoms with Gasteiger partial charge < -0.3 is 10.6 Å². The fourth-order valence-corrected chi connectivity index (χ4v) is 2.53. The Hall–Kier alpha value is -1.22. The van der Waals surface area contributed by atoms with E-state index in [9.17, 15) is 0 Å². The SMILES string of the molecule is CCNC(=NCc1ccc(SC)cc1)NCCCn1cccn1.I. The van der Waals surface area contributed by atoms with E-state index >= 15 is 0 Å². The van der Waals surface area contributed by atoms with Crippen molar-refractivity contribution in [2.24, 2.45) is 4.99 Å². The van der Waals surface area contributed by atoms with Crippen LogP contribution in [0.1, 0.15) is 18.9 Å². The number of thioether (sulfide) groups is 1. The highest BCUT2D eigenvalue weighted by Gasteiger charge is 1.98. The van der Waals surface area contributed by atoms with Gasteiger partial charge in [0.15, 0.2) is 5.96 Å². The highest BCUT2D eigenvalue weighted by atomic mass is 127. The second-order valence-corrected chi connectivity index (χ2v) is 5.97. The van der Waals surface area contributed by atoms with Gasteiger partial charge in [0.25, 0.3) is 0 Å². The minimum atomic E-state index is 0. The molecule has 0 radical (unpaired) electrons. The molecule has 1 aromatic carbocycles. The van der Waals surface area contributed by atoms with Gasteiger partial charge in [0.1, 0.15) is 0 Å². The predicted molar refractivity (Wildman–Crippen MR) is 113 cm³/mol. The van der Waals surface area contributed by atoms with Gasteiger partial charge in [0.2, 0.25) is 0 Å². The zero-order valence-corrected chi connectivity index (χ0v) is 17.4. The number of aliphatic imine (C=N–C) groups is 1. The molecule has 2 aromatic rings. The number of aryl methyl sites for hydroxylation is 1. The molecule has 24 heavy (non-hydrogen) atoms. The summed E-state index contributed by atoms with van der Waals surface area (Å²) in [5.41, 5.74) is 1.22. The highest BCUT2D eigenvalue weighted by molar-refractivity contribution is 14.0. The first kappa shape index (κ1) is 20.8. The predicted octanol–water partition coefficient (Wildman–Crippen LogP) is 3.37. The van der Waals surface area contributed by atoms with Crippen LogP contribution in [-0.4, -0.2) is 35.1 Å². The second kappa shape index (κ2) is 12.2. The van der Waals surface area contributed by atoms with E-state index < -0.39 is 0 Å². The molecule has 5 nitrogen and oxygen atoms in total. The Morgan fingerprint density at radius 1 is 1.25 bits per heavy atom. The molecule has 132 valence electrons. The van der Waals surface area contributed by atoms with Gasteiger partial charge in [-0.25, -0.2) is 4.99 Å². The third kappa shape index (κ3) is 7.57. The Morgan fingerprint density at radius 3 is 2.67 bits per heavy atom. The quantitative estimate of drug-likeness (QED) is 0.209. The van der Waals surface area contributed by atoms with Crippen molar-refractivity contribution in [3.8, 4) is 0 Å². The molecule has 0 saturated carbocycles. The Kier molecular flexibility index (Phi) is 10.6. The minimum Gasteiger partial charge on any atom is -0.357 e. The number of guanidine groups is 1. The number of rotatable bonds is 8. The maximum absolute atomic E-state index is 4.64. The summed E-state index contributed by atoms with van der Waals surface area (Å²) in [4.78, 5) is 5.92. The molecule has 0 atom stereocenters. The van der Waals surface area contributed by atoms with Crippen LogP contribution in [0.15, 0.2) is 52.6 Å². The molecule has 0 saturated heterocycles. The van der Waals surface area contributed by atoms with E-state index in [0.717, 1.165) is 32.0 Å². The van der Waals surface area contributed by atoms with Crippen LogP contribution >= 0.6 is 35.7 Å². The molecule has 0 bridgehead atoms. The molecule has 2 N–H and O–H groups in total. The van der Waals surface area contributed by atoms with Crippen LogP contribution in [0.2, 0.25) is 0 Å². The summed E-state index contributed by atoms with van der Waals surface area (Å²) in [7, 11) is 0. The first-order valence-electron chi connectivity index (χ1n) is 7.94. The van der Waals surface area contributed by atoms with E-state index in [1.54, 1.807) is 18.0 Å². The summed E-state index contributed by atoms with van der Waals surface area (Å²) >= 11 is 1.75. The fourth-order valence-electron chi connectivity index (χ4n) is 2.12. The fraction of sp³-hybridized carbons (Fsp3) is 0.412. The second-order valence-electron chi connectivity index (χ2n) is 5.09. The van der Waals surface area contributed by atoms with Gasteiger partial charge in [-0.1, -0.05) is 12.1 Å². The molecule has 1 heterocycles.